The molecule has 68 valence electrons. The summed E-state index contributed by atoms with van der Waals surface area (Å²) in [5.41, 5.74) is 1.49. The second-order valence-corrected chi connectivity index (χ2v) is 7.66. The summed E-state index contributed by atoms with van der Waals surface area (Å²) in [4.78, 5) is 0. The van der Waals surface area contributed by atoms with Crippen LogP contribution in [-0.4, -0.2) is 16.5 Å². The van der Waals surface area contributed by atoms with Gasteiger partial charge in [-0.25, -0.2) is 0 Å². The minimum absolute atomic E-state index is 0.293. The molecule has 0 amide bonds. The first-order valence-electron chi connectivity index (χ1n) is 5.03. The second-order valence-electron chi connectivity index (χ2n) is 3.34. The lowest BCUT2D eigenvalue weighted by Gasteiger charge is -2.00. The topological polar surface area (TPSA) is 0 Å². The maximum Gasteiger partial charge on any atom is 0.463 e. The van der Waals surface area contributed by atoms with Crippen molar-refractivity contribution in [1.82, 2.24) is 0 Å². The maximum absolute atomic E-state index is 2.59. The van der Waals surface area contributed by atoms with Gasteiger partial charge in [0, 0.05) is 0 Å². The highest BCUT2D eigenvalue weighted by Gasteiger charge is 1.93. The van der Waals surface area contributed by atoms with Crippen molar-refractivity contribution in [3.8, 4) is 0 Å². The van der Waals surface area contributed by atoms with Gasteiger partial charge in [-0.2, -0.15) is 0 Å². The van der Waals surface area contributed by atoms with Crippen molar-refractivity contribution in [2.75, 3.05) is 0 Å². The Morgan fingerprint density at radius 2 is 1.77 bits per heavy atom. The summed E-state index contributed by atoms with van der Waals surface area (Å²) in [5.74, 6) is 0. The van der Waals surface area contributed by atoms with Crippen LogP contribution in [0.2, 0.25) is 4.55 Å². The van der Waals surface area contributed by atoms with Crippen LogP contribution in [0.15, 0.2) is 30.3 Å². The molecule has 0 bridgehead atoms. The molecule has 0 unspecified atom stereocenters. The predicted octanol–water partition coefficient (Wildman–Crippen LogP) is 3.87. The van der Waals surface area contributed by atoms with E-state index in [-0.39, 0.29) is 0 Å². The lowest BCUT2D eigenvalue weighted by atomic mass is 10.1. The molecule has 1 aromatic carbocycles. The van der Waals surface area contributed by atoms with Gasteiger partial charge in [0.25, 0.3) is 0 Å². The van der Waals surface area contributed by atoms with Crippen molar-refractivity contribution in [1.29, 1.82) is 0 Å². The highest BCUT2D eigenvalue weighted by atomic mass is 127. The SMILES string of the molecule is [I][Mg][CH2]CCCCc1ccccc1. The van der Waals surface area contributed by atoms with Gasteiger partial charge in [0.1, 0.15) is 0 Å². The van der Waals surface area contributed by atoms with Crippen molar-refractivity contribution in [3.63, 3.8) is 0 Å². The molecule has 0 aliphatic heterocycles. The summed E-state index contributed by atoms with van der Waals surface area (Å²) >= 11 is 2.88. The Balaban J connectivity index is 2.07. The summed E-state index contributed by atoms with van der Waals surface area (Å²) in [6.45, 7) is 0. The average molecular weight is 298 g/mol. The Kier molecular flexibility index (Phi) is 7.31. The minimum atomic E-state index is 0.293. The first kappa shape index (κ1) is 11.8. The van der Waals surface area contributed by atoms with E-state index in [9.17, 15) is 0 Å². The van der Waals surface area contributed by atoms with Crippen molar-refractivity contribution >= 4 is 35.3 Å². The minimum Gasteiger partial charge on any atom is -0.301 e. The first-order chi connectivity index (χ1) is 6.43. The van der Waals surface area contributed by atoms with Gasteiger partial charge < -0.3 is 18.9 Å². The van der Waals surface area contributed by atoms with E-state index in [1.54, 1.807) is 0 Å². The van der Waals surface area contributed by atoms with Crippen LogP contribution in [0, 0.1) is 0 Å². The summed E-state index contributed by atoms with van der Waals surface area (Å²) in [7, 11) is 0. The third-order valence-electron chi connectivity index (χ3n) is 2.19. The molecule has 0 saturated carbocycles. The zero-order valence-corrected chi connectivity index (χ0v) is 11.6. The van der Waals surface area contributed by atoms with Crippen LogP contribution in [0.3, 0.4) is 0 Å². The third kappa shape index (κ3) is 5.91. The Morgan fingerprint density at radius 3 is 2.46 bits per heavy atom. The van der Waals surface area contributed by atoms with E-state index >= 15 is 0 Å². The Bertz CT molecular complexity index is 211. The van der Waals surface area contributed by atoms with Crippen molar-refractivity contribution in [2.45, 2.75) is 30.2 Å². The summed E-state index contributed by atoms with van der Waals surface area (Å²) in [5, 5.41) is 0. The molecule has 0 aliphatic carbocycles. The summed E-state index contributed by atoms with van der Waals surface area (Å²) in [6, 6.07) is 10.8. The molecule has 2 heteroatoms. The van der Waals surface area contributed by atoms with E-state index in [4.69, 9.17) is 0 Å². The zero-order chi connectivity index (χ0) is 9.36. The highest BCUT2D eigenvalue weighted by Crippen LogP contribution is 2.07. The quantitative estimate of drug-likeness (QED) is 0.425. The maximum atomic E-state index is 2.59. The highest BCUT2D eigenvalue weighted by molar-refractivity contribution is 14.1. The van der Waals surface area contributed by atoms with Crippen molar-refractivity contribution in [2.24, 2.45) is 0 Å². The van der Waals surface area contributed by atoms with E-state index in [0.29, 0.717) is 16.5 Å². The Morgan fingerprint density at radius 1 is 1.00 bits per heavy atom. The lowest BCUT2D eigenvalue weighted by molar-refractivity contribution is 0.717. The molecule has 0 radical (unpaired) electrons. The van der Waals surface area contributed by atoms with E-state index < -0.39 is 0 Å². The van der Waals surface area contributed by atoms with E-state index in [1.165, 1.54) is 35.8 Å². The number of halogens is 1. The molecule has 0 aliphatic rings. The fraction of sp³-hybridized carbons (Fsp3) is 0.455. The molecular weight excluding hydrogens is 283 g/mol. The molecule has 13 heavy (non-hydrogen) atoms. The molecule has 0 atom stereocenters. The molecule has 0 saturated heterocycles. The monoisotopic (exact) mass is 298 g/mol. The number of benzene rings is 1. The first-order valence-corrected chi connectivity index (χ1v) is 11.1. The van der Waals surface area contributed by atoms with Gasteiger partial charge in [0.15, 0.2) is 0 Å². The van der Waals surface area contributed by atoms with Gasteiger partial charge in [-0.3, -0.25) is 0 Å². The van der Waals surface area contributed by atoms with Crippen molar-refractivity contribution in [3.05, 3.63) is 35.9 Å². The van der Waals surface area contributed by atoms with Crippen LogP contribution in [0.1, 0.15) is 24.8 Å². The van der Waals surface area contributed by atoms with Gasteiger partial charge in [-0.15, -0.1) is 4.55 Å². The lowest BCUT2D eigenvalue weighted by Crippen LogP contribution is -1.85. The fourth-order valence-electron chi connectivity index (χ4n) is 1.42. The number of rotatable bonds is 6. The van der Waals surface area contributed by atoms with Crippen LogP contribution >= 0.6 is 18.9 Å². The van der Waals surface area contributed by atoms with Crippen LogP contribution < -0.4 is 0 Å². The third-order valence-corrected chi connectivity index (χ3v) is 5.25. The van der Waals surface area contributed by atoms with E-state index in [0.717, 1.165) is 0 Å². The van der Waals surface area contributed by atoms with E-state index in [2.05, 4.69) is 49.2 Å². The Hall–Kier alpha value is 0.716. The fourth-order valence-corrected chi connectivity index (χ4v) is 3.58. The molecular formula is C11H15IMg. The second kappa shape index (κ2) is 8.06. The van der Waals surface area contributed by atoms with Gasteiger partial charge in [0.05, 0.1) is 0 Å². The normalized spacial score (nSPS) is 9.62. The standard InChI is InChI=1S/C11H15.HI.Mg/c1-2-3-5-8-11-9-6-4-7-10-11;;/h4,6-7,9-10H,1-3,5,8H2;1H;/q;;+1/p-1. The van der Waals surface area contributed by atoms with Crippen LogP contribution in [0.5, 0.6) is 0 Å². The van der Waals surface area contributed by atoms with E-state index in [1.807, 2.05) is 0 Å². The molecule has 0 heterocycles. The average Bonchev–Trinajstić information content (AvgIpc) is 2.19. The number of hydrogen-bond donors (Lipinski definition) is 0. The van der Waals surface area contributed by atoms with Crippen LogP contribution in [0.4, 0.5) is 0 Å². The molecule has 0 nitrogen and oxygen atoms in total. The number of aryl methyl sites for hydroxylation is 1. The largest absolute Gasteiger partial charge is 0.463 e. The zero-order valence-electron chi connectivity index (χ0n) is 8.01. The predicted molar refractivity (Wildman–Crippen MR) is 68.6 cm³/mol. The van der Waals surface area contributed by atoms with Crippen LogP contribution in [0.25, 0.3) is 0 Å². The molecule has 0 fully saturated rings. The van der Waals surface area contributed by atoms with Crippen LogP contribution in [-0.2, 0) is 6.42 Å². The molecule has 1 aromatic rings. The molecule has 1 rings (SSSR count). The summed E-state index contributed by atoms with van der Waals surface area (Å²) < 4.78 is 1.52. The summed E-state index contributed by atoms with van der Waals surface area (Å²) in [6.07, 6.45) is 5.52. The number of unbranched alkanes of at least 4 members (excludes halogenated alkanes) is 2. The Labute approximate surface area is 101 Å². The molecule has 0 spiro atoms. The van der Waals surface area contributed by atoms with Gasteiger partial charge >= 0.3 is 16.5 Å². The van der Waals surface area contributed by atoms with Gasteiger partial charge in [-0.05, 0) is 18.4 Å². The molecule has 0 aromatic heterocycles. The van der Waals surface area contributed by atoms with Gasteiger partial charge in [-0.1, -0.05) is 43.2 Å². The van der Waals surface area contributed by atoms with Gasteiger partial charge in [0.2, 0.25) is 0 Å². The molecule has 0 N–H and O–H groups in total. The van der Waals surface area contributed by atoms with Crippen molar-refractivity contribution < 1.29 is 0 Å². The number of hydrogen-bond acceptors (Lipinski definition) is 0. The smallest absolute Gasteiger partial charge is 0.301 e.